The van der Waals surface area contributed by atoms with Crippen molar-refractivity contribution in [3.05, 3.63) is 65.5 Å². The number of fused-ring (bicyclic) bond motifs is 1. The molecule has 0 N–H and O–H groups in total. The van der Waals surface area contributed by atoms with E-state index in [4.69, 9.17) is 21.1 Å². The van der Waals surface area contributed by atoms with Crippen molar-refractivity contribution in [2.45, 2.75) is 17.5 Å². The lowest BCUT2D eigenvalue weighted by atomic mass is 10.2. The van der Waals surface area contributed by atoms with E-state index in [1.807, 2.05) is 16.7 Å². The second-order valence-electron chi connectivity index (χ2n) is 6.08. The average Bonchev–Trinajstić information content (AvgIpc) is 3.09. The average molecular weight is 418 g/mol. The lowest BCUT2D eigenvalue weighted by Gasteiger charge is -2.20. The Bertz CT molecular complexity index is 1020. The van der Waals surface area contributed by atoms with E-state index in [9.17, 15) is 4.39 Å². The van der Waals surface area contributed by atoms with Crippen LogP contribution in [0.5, 0.6) is 11.5 Å². The monoisotopic (exact) mass is 417 g/mol. The quantitative estimate of drug-likeness (QED) is 0.418. The lowest BCUT2D eigenvalue weighted by Crippen LogP contribution is -2.15. The van der Waals surface area contributed by atoms with Gasteiger partial charge in [-0.05, 0) is 29.8 Å². The summed E-state index contributed by atoms with van der Waals surface area (Å²) in [6, 6.07) is 10.3. The van der Waals surface area contributed by atoms with Gasteiger partial charge in [0.25, 0.3) is 0 Å². The molecular weight excluding hydrogens is 401 g/mol. The van der Waals surface area contributed by atoms with E-state index in [1.165, 1.54) is 17.8 Å². The summed E-state index contributed by atoms with van der Waals surface area (Å²) in [7, 11) is 0. The first-order chi connectivity index (χ1) is 13.7. The fourth-order valence-corrected chi connectivity index (χ4v) is 4.09. The van der Waals surface area contributed by atoms with Crippen LogP contribution in [-0.2, 0) is 12.3 Å². The van der Waals surface area contributed by atoms with Gasteiger partial charge in [0.15, 0.2) is 22.5 Å². The Morgan fingerprint density at radius 1 is 1.21 bits per heavy atom. The molecule has 1 aliphatic rings. The minimum atomic E-state index is -0.338. The predicted octanol–water partition coefficient (Wildman–Crippen LogP) is 4.99. The zero-order chi connectivity index (χ0) is 19.5. The standard InChI is InChI=1S/C20H17ClFN3O2S/c1-2-7-25-19(14-5-3-4-6-16(14)22)23-24-20(25)28-12-13-10-15(21)18-17(11-13)26-8-9-27-18/h2-6,10-11H,1,7-9,12H2. The van der Waals surface area contributed by atoms with Crippen molar-refractivity contribution in [2.75, 3.05) is 13.2 Å². The summed E-state index contributed by atoms with van der Waals surface area (Å²) >= 11 is 7.79. The molecule has 5 nitrogen and oxygen atoms in total. The second-order valence-corrected chi connectivity index (χ2v) is 7.43. The summed E-state index contributed by atoms with van der Waals surface area (Å²) in [5.41, 5.74) is 1.38. The van der Waals surface area contributed by atoms with Crippen LogP contribution in [0.15, 0.2) is 54.2 Å². The van der Waals surface area contributed by atoms with Gasteiger partial charge in [0.05, 0.1) is 10.6 Å². The van der Waals surface area contributed by atoms with Gasteiger partial charge in [0, 0.05) is 12.3 Å². The highest BCUT2D eigenvalue weighted by Crippen LogP contribution is 2.39. The molecule has 2 heterocycles. The first-order valence-electron chi connectivity index (χ1n) is 8.67. The van der Waals surface area contributed by atoms with Gasteiger partial charge in [-0.2, -0.15) is 0 Å². The van der Waals surface area contributed by atoms with Crippen LogP contribution in [-0.4, -0.2) is 28.0 Å². The molecule has 0 atom stereocenters. The smallest absolute Gasteiger partial charge is 0.192 e. The number of hydrogen-bond donors (Lipinski definition) is 0. The molecule has 28 heavy (non-hydrogen) atoms. The number of halogens is 2. The summed E-state index contributed by atoms with van der Waals surface area (Å²) in [5, 5.41) is 9.64. The van der Waals surface area contributed by atoms with Gasteiger partial charge in [-0.15, -0.1) is 16.8 Å². The first-order valence-corrected chi connectivity index (χ1v) is 10.0. The zero-order valence-electron chi connectivity index (χ0n) is 14.9. The summed E-state index contributed by atoms with van der Waals surface area (Å²) in [6.07, 6.45) is 1.73. The SMILES string of the molecule is C=CCn1c(SCc2cc(Cl)c3c(c2)OCCO3)nnc1-c1ccccc1F. The van der Waals surface area contributed by atoms with Gasteiger partial charge in [0.1, 0.15) is 19.0 Å². The number of allylic oxidation sites excluding steroid dienone is 1. The second kappa shape index (κ2) is 8.24. The fourth-order valence-electron chi connectivity index (χ4n) is 2.93. The van der Waals surface area contributed by atoms with Crippen LogP contribution < -0.4 is 9.47 Å². The molecule has 1 aromatic heterocycles. The van der Waals surface area contributed by atoms with Gasteiger partial charge in [-0.3, -0.25) is 4.57 Å². The van der Waals surface area contributed by atoms with Crippen molar-refractivity contribution in [3.8, 4) is 22.9 Å². The lowest BCUT2D eigenvalue weighted by molar-refractivity contribution is 0.171. The molecular formula is C20H17ClFN3O2S. The van der Waals surface area contributed by atoms with Crippen molar-refractivity contribution in [1.82, 2.24) is 14.8 Å². The number of nitrogens with zero attached hydrogens (tertiary/aromatic N) is 3. The van der Waals surface area contributed by atoms with Gasteiger partial charge >= 0.3 is 0 Å². The molecule has 3 aromatic rings. The van der Waals surface area contributed by atoms with E-state index < -0.39 is 0 Å². The van der Waals surface area contributed by atoms with Crippen LogP contribution in [0.2, 0.25) is 5.02 Å². The Morgan fingerprint density at radius 3 is 2.86 bits per heavy atom. The van der Waals surface area contributed by atoms with Crippen molar-refractivity contribution in [1.29, 1.82) is 0 Å². The van der Waals surface area contributed by atoms with Crippen LogP contribution in [0.1, 0.15) is 5.56 Å². The van der Waals surface area contributed by atoms with Crippen molar-refractivity contribution >= 4 is 23.4 Å². The van der Waals surface area contributed by atoms with Crippen LogP contribution >= 0.6 is 23.4 Å². The number of thioether (sulfide) groups is 1. The van der Waals surface area contributed by atoms with Crippen molar-refractivity contribution in [3.63, 3.8) is 0 Å². The Morgan fingerprint density at radius 2 is 2.04 bits per heavy atom. The normalized spacial score (nSPS) is 12.8. The van der Waals surface area contributed by atoms with E-state index in [1.54, 1.807) is 24.3 Å². The molecule has 0 saturated carbocycles. The molecule has 1 aliphatic heterocycles. The predicted molar refractivity (Wildman–Crippen MR) is 108 cm³/mol. The van der Waals surface area contributed by atoms with Gasteiger partial charge in [-0.1, -0.05) is 41.6 Å². The van der Waals surface area contributed by atoms with Crippen molar-refractivity contribution in [2.24, 2.45) is 0 Å². The molecule has 2 aromatic carbocycles. The topological polar surface area (TPSA) is 49.2 Å². The fraction of sp³-hybridized carbons (Fsp3) is 0.200. The third kappa shape index (κ3) is 3.72. The first kappa shape index (κ1) is 18.8. The Kier molecular flexibility index (Phi) is 5.54. The highest BCUT2D eigenvalue weighted by atomic mass is 35.5. The molecule has 0 aliphatic carbocycles. The number of aromatic nitrogens is 3. The largest absolute Gasteiger partial charge is 0.486 e. The van der Waals surface area contributed by atoms with E-state index >= 15 is 0 Å². The molecule has 0 radical (unpaired) electrons. The molecule has 0 bridgehead atoms. The van der Waals surface area contributed by atoms with E-state index in [-0.39, 0.29) is 5.82 Å². The summed E-state index contributed by atoms with van der Waals surface area (Å²) in [6.45, 7) is 5.25. The van der Waals surface area contributed by atoms with E-state index in [0.717, 1.165) is 5.56 Å². The minimum absolute atomic E-state index is 0.338. The molecule has 0 fully saturated rings. The molecule has 0 spiro atoms. The molecule has 0 amide bonds. The maximum Gasteiger partial charge on any atom is 0.192 e. The van der Waals surface area contributed by atoms with Gasteiger partial charge in [0.2, 0.25) is 0 Å². The van der Waals surface area contributed by atoms with Crippen molar-refractivity contribution < 1.29 is 13.9 Å². The number of benzene rings is 2. The van der Waals surface area contributed by atoms with Crippen LogP contribution in [0.4, 0.5) is 4.39 Å². The van der Waals surface area contributed by atoms with Crippen LogP contribution in [0.3, 0.4) is 0 Å². The van der Waals surface area contributed by atoms with Crippen LogP contribution in [0.25, 0.3) is 11.4 Å². The molecule has 8 heteroatoms. The number of ether oxygens (including phenoxy) is 2. The van der Waals surface area contributed by atoms with Crippen LogP contribution in [0, 0.1) is 5.82 Å². The Balaban J connectivity index is 1.60. The molecule has 144 valence electrons. The maximum absolute atomic E-state index is 14.2. The minimum Gasteiger partial charge on any atom is -0.486 e. The summed E-state index contributed by atoms with van der Waals surface area (Å²) in [5.74, 6) is 1.96. The van der Waals surface area contributed by atoms with Gasteiger partial charge < -0.3 is 9.47 Å². The Hall–Kier alpha value is -2.51. The third-order valence-corrected chi connectivity index (χ3v) is 5.49. The highest BCUT2D eigenvalue weighted by Gasteiger charge is 2.19. The van der Waals surface area contributed by atoms with Gasteiger partial charge in [-0.25, -0.2) is 4.39 Å². The number of hydrogen-bond acceptors (Lipinski definition) is 5. The molecule has 0 saturated heterocycles. The van der Waals surface area contributed by atoms with E-state index in [2.05, 4.69) is 16.8 Å². The Labute approximate surface area is 171 Å². The summed E-state index contributed by atoms with van der Waals surface area (Å²) < 4.78 is 27.2. The highest BCUT2D eigenvalue weighted by molar-refractivity contribution is 7.98. The molecule has 0 unspecified atom stereocenters. The number of rotatable bonds is 6. The summed E-state index contributed by atoms with van der Waals surface area (Å²) in [4.78, 5) is 0. The molecule has 4 rings (SSSR count). The maximum atomic E-state index is 14.2. The van der Waals surface area contributed by atoms with E-state index in [0.29, 0.717) is 58.6 Å². The zero-order valence-corrected chi connectivity index (χ0v) is 16.5. The third-order valence-electron chi connectivity index (χ3n) is 4.17.